The molecule has 29 heavy (non-hydrogen) atoms. The van der Waals surface area contributed by atoms with Crippen LogP contribution in [0.25, 0.3) is 0 Å². The third-order valence-corrected chi connectivity index (χ3v) is 4.01. The Kier molecular flexibility index (Phi) is 12.3. The van der Waals surface area contributed by atoms with E-state index in [2.05, 4.69) is 43.7 Å². The van der Waals surface area contributed by atoms with E-state index in [0.717, 1.165) is 18.5 Å². The van der Waals surface area contributed by atoms with Gasteiger partial charge in [0.05, 0.1) is 18.8 Å². The molecular weight excluding hydrogens is 372 g/mol. The highest BCUT2D eigenvalue weighted by molar-refractivity contribution is 5.77. The van der Waals surface area contributed by atoms with Crippen molar-refractivity contribution in [3.63, 3.8) is 0 Å². The molecule has 8 heteroatoms. The molecule has 162 valence electrons. The van der Waals surface area contributed by atoms with Crippen molar-refractivity contribution in [1.82, 2.24) is 10.2 Å². The minimum Gasteiger partial charge on any atom is -0.495 e. The molecular formula is C21H34N4O4. The molecule has 0 radical (unpaired) electrons. The molecule has 1 heterocycles. The van der Waals surface area contributed by atoms with E-state index < -0.39 is 0 Å². The van der Waals surface area contributed by atoms with E-state index in [0.29, 0.717) is 37.2 Å². The second-order valence-electron chi connectivity index (χ2n) is 7.70. The van der Waals surface area contributed by atoms with Gasteiger partial charge in [-0.2, -0.15) is 0 Å². The summed E-state index contributed by atoms with van der Waals surface area (Å²) in [6, 6.07) is 5.46. The summed E-state index contributed by atoms with van der Waals surface area (Å²) >= 11 is 0. The molecule has 0 bridgehead atoms. The Morgan fingerprint density at radius 2 is 2.10 bits per heavy atom. The minimum atomic E-state index is -0.302. The summed E-state index contributed by atoms with van der Waals surface area (Å²) in [6.45, 7) is 7.88. The van der Waals surface area contributed by atoms with Gasteiger partial charge in [0.15, 0.2) is 0 Å². The predicted octanol–water partition coefficient (Wildman–Crippen LogP) is 0.757. The first-order chi connectivity index (χ1) is 13.7. The number of hydrogen-bond donors (Lipinski definition) is 4. The van der Waals surface area contributed by atoms with E-state index in [1.807, 2.05) is 12.1 Å². The van der Waals surface area contributed by atoms with Gasteiger partial charge in [-0.25, -0.2) is 0 Å². The number of hydrogen-bond acceptors (Lipinski definition) is 6. The molecule has 0 spiro atoms. The number of aliphatic hydroxyl groups is 1. The molecule has 0 saturated carbocycles. The maximum atomic E-state index is 11.6. The van der Waals surface area contributed by atoms with Crippen LogP contribution < -0.4 is 21.7 Å². The molecule has 1 saturated heterocycles. The van der Waals surface area contributed by atoms with Crippen LogP contribution in [0.2, 0.25) is 0 Å². The number of nitrogens with zero attached hydrogens (tertiary/aromatic N) is 1. The second kappa shape index (κ2) is 13.6. The van der Waals surface area contributed by atoms with Crippen molar-refractivity contribution in [2.24, 2.45) is 17.1 Å². The molecule has 1 aliphatic heterocycles. The van der Waals surface area contributed by atoms with E-state index in [4.69, 9.17) is 11.2 Å². The zero-order valence-electron chi connectivity index (χ0n) is 17.8. The lowest BCUT2D eigenvalue weighted by Gasteiger charge is -2.22. The van der Waals surface area contributed by atoms with Crippen LogP contribution in [-0.4, -0.2) is 48.6 Å². The van der Waals surface area contributed by atoms with E-state index in [1.54, 1.807) is 18.1 Å². The largest absolute Gasteiger partial charge is 0.495 e. The van der Waals surface area contributed by atoms with Gasteiger partial charge in [0.2, 0.25) is 12.3 Å². The summed E-state index contributed by atoms with van der Waals surface area (Å²) in [7, 11) is 1.56. The van der Waals surface area contributed by atoms with Gasteiger partial charge in [0, 0.05) is 26.1 Å². The molecule has 1 aromatic carbocycles. The highest BCUT2D eigenvalue weighted by atomic mass is 16.5. The monoisotopic (exact) mass is 406 g/mol. The number of likely N-dealkylation sites (tertiary alicyclic amines) is 1. The number of β-amino-alcohol motifs (C(OH)–C–C–N with tert-alkyl or cyclic N) is 1. The molecule has 0 aliphatic carbocycles. The molecule has 1 fully saturated rings. The predicted molar refractivity (Wildman–Crippen MR) is 113 cm³/mol. The number of nitrogens with two attached hydrogens (primary N) is 2. The van der Waals surface area contributed by atoms with Crippen molar-refractivity contribution in [3.05, 3.63) is 29.3 Å². The summed E-state index contributed by atoms with van der Waals surface area (Å²) < 4.78 is 5.10. The van der Waals surface area contributed by atoms with Gasteiger partial charge >= 0.3 is 0 Å². The standard InChI is InChI=1S/C11H11NO2.C10H19NO2.H4N2/c1-3-10-5-4-9(7-12-8-13)6-11(10)14-2;1-10(2,3)6-9(13)11-5-4-8(12)7-11;1-2/h1,4-6,8H,7H2,2H3,(H,12,13);8,12H,4-7H2,1-3H3;1-2H2. The Hall–Kier alpha value is -2.60. The smallest absolute Gasteiger partial charge is 0.223 e. The van der Waals surface area contributed by atoms with Crippen LogP contribution in [0.5, 0.6) is 5.75 Å². The van der Waals surface area contributed by atoms with Crippen molar-refractivity contribution in [2.75, 3.05) is 20.2 Å². The SMILES string of the molecule is C#Cc1ccc(CNC=O)cc1OC.CC(C)(C)CC(=O)N1CCC(O)C1.NN. The maximum absolute atomic E-state index is 11.6. The molecule has 1 atom stereocenters. The lowest BCUT2D eigenvalue weighted by molar-refractivity contribution is -0.132. The molecule has 2 rings (SSSR count). The van der Waals surface area contributed by atoms with Gasteiger partial charge < -0.3 is 20.1 Å². The van der Waals surface area contributed by atoms with Crippen LogP contribution in [0, 0.1) is 17.8 Å². The third-order valence-electron chi connectivity index (χ3n) is 4.01. The van der Waals surface area contributed by atoms with Crippen LogP contribution in [0.4, 0.5) is 0 Å². The summed E-state index contributed by atoms with van der Waals surface area (Å²) in [5.74, 6) is 11.3. The zero-order valence-corrected chi connectivity index (χ0v) is 17.8. The third kappa shape index (κ3) is 10.5. The molecule has 8 nitrogen and oxygen atoms in total. The first-order valence-electron chi connectivity index (χ1n) is 9.30. The number of carbonyl (C=O) groups is 2. The van der Waals surface area contributed by atoms with Gasteiger partial charge in [0.1, 0.15) is 5.75 Å². The number of amides is 2. The van der Waals surface area contributed by atoms with E-state index in [-0.39, 0.29) is 17.4 Å². The maximum Gasteiger partial charge on any atom is 0.223 e. The van der Waals surface area contributed by atoms with Gasteiger partial charge in [-0.1, -0.05) is 32.8 Å². The first kappa shape index (κ1) is 26.4. The topological polar surface area (TPSA) is 131 Å². The highest BCUT2D eigenvalue weighted by Gasteiger charge is 2.27. The zero-order chi connectivity index (χ0) is 22.4. The molecule has 6 N–H and O–H groups in total. The van der Waals surface area contributed by atoms with E-state index >= 15 is 0 Å². The van der Waals surface area contributed by atoms with Gasteiger partial charge in [-0.05, 0) is 29.5 Å². The number of benzene rings is 1. The number of carbonyl (C=O) groups excluding carboxylic acids is 2. The minimum absolute atomic E-state index is 0.0463. The summed E-state index contributed by atoms with van der Waals surface area (Å²) in [4.78, 5) is 23.5. The van der Waals surface area contributed by atoms with Crippen molar-refractivity contribution in [1.29, 1.82) is 0 Å². The van der Waals surface area contributed by atoms with Crippen molar-refractivity contribution in [2.45, 2.75) is 46.3 Å². The number of hydrazine groups is 1. The van der Waals surface area contributed by atoms with E-state index in [9.17, 15) is 14.7 Å². The second-order valence-corrected chi connectivity index (χ2v) is 7.70. The average Bonchev–Trinajstić information content (AvgIpc) is 3.13. The van der Waals surface area contributed by atoms with Crippen LogP contribution in [0.3, 0.4) is 0 Å². The number of nitrogens with one attached hydrogen (secondary N) is 1. The molecule has 1 aliphatic rings. The lowest BCUT2D eigenvalue weighted by Crippen LogP contribution is -2.32. The Labute approximate surface area is 173 Å². The van der Waals surface area contributed by atoms with Gasteiger partial charge in [-0.3, -0.25) is 21.3 Å². The number of ether oxygens (including phenoxy) is 1. The summed E-state index contributed by atoms with van der Waals surface area (Å²) in [5.41, 5.74) is 1.71. The normalized spacial score (nSPS) is 15.1. The van der Waals surface area contributed by atoms with Gasteiger partial charge in [0.25, 0.3) is 0 Å². The summed E-state index contributed by atoms with van der Waals surface area (Å²) in [6.07, 6.45) is 6.93. The molecule has 1 unspecified atom stereocenters. The Bertz CT molecular complexity index is 680. The Morgan fingerprint density at radius 1 is 1.45 bits per heavy atom. The first-order valence-corrected chi connectivity index (χ1v) is 9.30. The fourth-order valence-electron chi connectivity index (χ4n) is 2.66. The van der Waals surface area contributed by atoms with Crippen molar-refractivity contribution < 1.29 is 19.4 Å². The quantitative estimate of drug-likeness (QED) is 0.247. The van der Waals surface area contributed by atoms with Crippen LogP contribution in [-0.2, 0) is 16.1 Å². The van der Waals surface area contributed by atoms with Crippen molar-refractivity contribution >= 4 is 12.3 Å². The highest BCUT2D eigenvalue weighted by Crippen LogP contribution is 2.21. The number of aliphatic hydroxyl groups excluding tert-OH is 1. The summed E-state index contributed by atoms with van der Waals surface area (Å²) in [5, 5.41) is 11.8. The van der Waals surface area contributed by atoms with E-state index in [1.165, 1.54) is 0 Å². The average molecular weight is 407 g/mol. The number of terminal acetylenes is 1. The molecule has 0 aromatic heterocycles. The fraction of sp³-hybridized carbons (Fsp3) is 0.524. The Balaban J connectivity index is 0.000000499. The van der Waals surface area contributed by atoms with Crippen LogP contribution in [0.1, 0.15) is 44.7 Å². The van der Waals surface area contributed by atoms with Crippen LogP contribution >= 0.6 is 0 Å². The lowest BCUT2D eigenvalue weighted by atomic mass is 9.92. The number of methoxy groups -OCH3 is 1. The Morgan fingerprint density at radius 3 is 2.55 bits per heavy atom. The van der Waals surface area contributed by atoms with Gasteiger partial charge in [-0.15, -0.1) is 6.42 Å². The molecule has 1 aromatic rings. The van der Waals surface area contributed by atoms with Crippen molar-refractivity contribution in [3.8, 4) is 18.1 Å². The fourth-order valence-corrected chi connectivity index (χ4v) is 2.66. The number of rotatable bonds is 5. The van der Waals surface area contributed by atoms with Crippen LogP contribution in [0.15, 0.2) is 18.2 Å². The molecule has 2 amide bonds.